The summed E-state index contributed by atoms with van der Waals surface area (Å²) in [5.74, 6) is -1.13. The standard InChI is InChI=1S/C13H14ClFN2O5S/c1-13(2,3)23(22)16-6-7-4-10(9(15)5-8(7)14)17(11(18)19)12(20)21/h4-6H,1-3H3,(H,18,19)(H,20,21)/b16-6+. The van der Waals surface area contributed by atoms with Crippen LogP contribution in [0.1, 0.15) is 26.3 Å². The molecule has 0 saturated heterocycles. The van der Waals surface area contributed by atoms with E-state index in [0.717, 1.165) is 18.3 Å². The number of amides is 2. The van der Waals surface area contributed by atoms with Crippen LogP contribution < -0.4 is 4.90 Å². The molecule has 0 saturated carbocycles. The van der Waals surface area contributed by atoms with Crippen LogP contribution in [0.15, 0.2) is 16.5 Å². The molecule has 1 aromatic carbocycles. The van der Waals surface area contributed by atoms with Crippen LogP contribution in [0, 0.1) is 5.82 Å². The number of benzene rings is 1. The molecule has 2 N–H and O–H groups in total. The fourth-order valence-corrected chi connectivity index (χ4v) is 2.10. The number of hydrogen-bond donors (Lipinski definition) is 2. The zero-order valence-electron chi connectivity index (χ0n) is 12.4. The molecule has 0 aliphatic heterocycles. The molecule has 0 aliphatic carbocycles. The van der Waals surface area contributed by atoms with Crippen molar-refractivity contribution in [3.05, 3.63) is 28.5 Å². The number of carbonyl (C=O) groups is 2. The van der Waals surface area contributed by atoms with E-state index < -0.39 is 39.8 Å². The van der Waals surface area contributed by atoms with Crippen molar-refractivity contribution in [2.24, 2.45) is 4.40 Å². The van der Waals surface area contributed by atoms with Crippen molar-refractivity contribution < 1.29 is 28.7 Å². The largest absolute Gasteiger partial charge is 0.591 e. The maximum atomic E-state index is 13.8. The van der Waals surface area contributed by atoms with Crippen LogP contribution >= 0.6 is 11.6 Å². The van der Waals surface area contributed by atoms with Crippen molar-refractivity contribution in [1.29, 1.82) is 0 Å². The zero-order chi connectivity index (χ0) is 17.9. The summed E-state index contributed by atoms with van der Waals surface area (Å²) in [6, 6.07) is 1.67. The molecule has 126 valence electrons. The fraction of sp³-hybridized carbons (Fsp3) is 0.308. The van der Waals surface area contributed by atoms with Gasteiger partial charge in [0.05, 0.1) is 16.9 Å². The number of rotatable bonds is 3. The van der Waals surface area contributed by atoms with Crippen LogP contribution in [-0.2, 0) is 11.4 Å². The number of hydrogen-bond acceptors (Lipinski definition) is 4. The van der Waals surface area contributed by atoms with E-state index >= 15 is 0 Å². The van der Waals surface area contributed by atoms with Crippen molar-refractivity contribution in [3.8, 4) is 0 Å². The van der Waals surface area contributed by atoms with Gasteiger partial charge in [-0.15, -0.1) is 0 Å². The minimum atomic E-state index is -1.88. The van der Waals surface area contributed by atoms with Gasteiger partial charge in [0.2, 0.25) is 0 Å². The molecule has 7 nitrogen and oxygen atoms in total. The SMILES string of the molecule is CC(C)(C)[S+]([O-])/N=C/c1cc(N(C(=O)O)C(=O)O)c(F)cc1Cl. The molecule has 1 atom stereocenters. The Bertz CT molecular complexity index is 649. The molecule has 0 fully saturated rings. The Morgan fingerprint density at radius 2 is 1.87 bits per heavy atom. The maximum Gasteiger partial charge on any atom is 0.421 e. The van der Waals surface area contributed by atoms with Crippen LogP contribution in [0.4, 0.5) is 19.7 Å². The molecule has 0 aliphatic rings. The average Bonchev–Trinajstić information content (AvgIpc) is 2.37. The smallest absolute Gasteiger partial charge is 0.421 e. The lowest BCUT2D eigenvalue weighted by Crippen LogP contribution is -2.35. The summed E-state index contributed by atoms with van der Waals surface area (Å²) in [7, 11) is 0. The van der Waals surface area contributed by atoms with E-state index in [2.05, 4.69) is 4.40 Å². The highest BCUT2D eigenvalue weighted by atomic mass is 35.5. The number of imide groups is 1. The van der Waals surface area contributed by atoms with Gasteiger partial charge in [-0.3, -0.25) is 0 Å². The highest BCUT2D eigenvalue weighted by molar-refractivity contribution is 7.91. The Balaban J connectivity index is 3.32. The summed E-state index contributed by atoms with van der Waals surface area (Å²) in [6.07, 6.45) is -2.67. The summed E-state index contributed by atoms with van der Waals surface area (Å²) in [5.41, 5.74) is -0.689. The van der Waals surface area contributed by atoms with Gasteiger partial charge in [0.25, 0.3) is 0 Å². The van der Waals surface area contributed by atoms with E-state index in [9.17, 15) is 18.5 Å². The molecule has 1 aromatic rings. The molecule has 23 heavy (non-hydrogen) atoms. The molecule has 1 unspecified atom stereocenters. The predicted octanol–water partition coefficient (Wildman–Crippen LogP) is 3.52. The number of carboxylic acid groups (broad SMARTS) is 2. The van der Waals surface area contributed by atoms with E-state index in [0.29, 0.717) is 0 Å². The Labute approximate surface area is 139 Å². The lowest BCUT2D eigenvalue weighted by molar-refractivity contribution is 0.184. The zero-order valence-corrected chi connectivity index (χ0v) is 14.0. The normalized spacial score (nSPS) is 13.1. The van der Waals surface area contributed by atoms with Crippen molar-refractivity contribution in [1.82, 2.24) is 0 Å². The molecule has 0 heterocycles. The maximum absolute atomic E-state index is 13.8. The fourth-order valence-electron chi connectivity index (χ4n) is 1.37. The van der Waals surface area contributed by atoms with Gasteiger partial charge in [-0.2, -0.15) is 4.90 Å². The van der Waals surface area contributed by atoms with Gasteiger partial charge in [0.15, 0.2) is 0 Å². The second-order valence-corrected chi connectivity index (χ2v) is 7.66. The molecule has 0 bridgehead atoms. The number of anilines is 1. The third-order valence-corrected chi connectivity index (χ3v) is 4.17. The molecule has 10 heteroatoms. The predicted molar refractivity (Wildman–Crippen MR) is 85.4 cm³/mol. The summed E-state index contributed by atoms with van der Waals surface area (Å²) >= 11 is 4.20. The van der Waals surface area contributed by atoms with Gasteiger partial charge in [-0.25, -0.2) is 14.0 Å². The highest BCUT2D eigenvalue weighted by Gasteiger charge is 2.28. The van der Waals surface area contributed by atoms with Crippen LogP contribution in [0.3, 0.4) is 0 Å². The van der Waals surface area contributed by atoms with Crippen LogP contribution in [0.25, 0.3) is 0 Å². The van der Waals surface area contributed by atoms with E-state index in [1.807, 2.05) is 0 Å². The minimum absolute atomic E-state index is 0.0353. The first-order chi connectivity index (χ1) is 10.4. The van der Waals surface area contributed by atoms with Gasteiger partial charge in [-0.05, 0) is 32.9 Å². The van der Waals surface area contributed by atoms with E-state index in [4.69, 9.17) is 21.8 Å². The monoisotopic (exact) mass is 364 g/mol. The molecule has 1 rings (SSSR count). The van der Waals surface area contributed by atoms with Crippen molar-refractivity contribution >= 4 is 47.1 Å². The summed E-state index contributed by atoms with van der Waals surface area (Å²) < 4.78 is 28.8. The Morgan fingerprint density at radius 3 is 2.30 bits per heavy atom. The van der Waals surface area contributed by atoms with Gasteiger partial charge < -0.3 is 14.8 Å². The molecule has 0 radical (unpaired) electrons. The first-order valence-electron chi connectivity index (χ1n) is 6.16. The van der Waals surface area contributed by atoms with Gasteiger partial charge in [-0.1, -0.05) is 16.0 Å². The van der Waals surface area contributed by atoms with Crippen molar-refractivity contribution in [3.63, 3.8) is 0 Å². The van der Waals surface area contributed by atoms with Gasteiger partial charge in [0.1, 0.15) is 21.9 Å². The summed E-state index contributed by atoms with van der Waals surface area (Å²) in [5, 5.41) is 17.6. The average molecular weight is 365 g/mol. The van der Waals surface area contributed by atoms with Gasteiger partial charge in [0, 0.05) is 5.56 Å². The van der Waals surface area contributed by atoms with E-state index in [1.54, 1.807) is 20.8 Å². The lowest BCUT2D eigenvalue weighted by atomic mass is 10.2. The summed E-state index contributed by atoms with van der Waals surface area (Å²) in [6.45, 7) is 5.07. The van der Waals surface area contributed by atoms with Gasteiger partial charge >= 0.3 is 12.2 Å². The van der Waals surface area contributed by atoms with E-state index in [1.165, 1.54) is 0 Å². The second-order valence-electron chi connectivity index (χ2n) is 5.32. The third-order valence-electron chi connectivity index (χ3n) is 2.50. The number of nitrogens with zero attached hydrogens (tertiary/aromatic N) is 2. The quantitative estimate of drug-likeness (QED) is 0.629. The molecular formula is C13H14ClFN2O5S. The Hall–Kier alpha value is -1.84. The van der Waals surface area contributed by atoms with Crippen LogP contribution in [0.5, 0.6) is 0 Å². The van der Waals surface area contributed by atoms with Crippen LogP contribution in [-0.4, -0.2) is 37.9 Å². The Morgan fingerprint density at radius 1 is 1.35 bits per heavy atom. The van der Waals surface area contributed by atoms with Crippen molar-refractivity contribution in [2.45, 2.75) is 25.5 Å². The summed E-state index contributed by atoms with van der Waals surface area (Å²) in [4.78, 5) is 21.7. The first-order valence-corrected chi connectivity index (χ1v) is 7.64. The van der Waals surface area contributed by atoms with Crippen LogP contribution in [0.2, 0.25) is 5.02 Å². The number of halogens is 2. The van der Waals surface area contributed by atoms with Crippen molar-refractivity contribution in [2.75, 3.05) is 4.90 Å². The molecule has 0 aromatic heterocycles. The highest BCUT2D eigenvalue weighted by Crippen LogP contribution is 2.27. The lowest BCUT2D eigenvalue weighted by Gasteiger charge is -2.18. The molecule has 0 spiro atoms. The third kappa shape index (κ3) is 4.81. The van der Waals surface area contributed by atoms with E-state index in [-0.39, 0.29) is 15.5 Å². The topological polar surface area (TPSA) is 113 Å². The first kappa shape index (κ1) is 19.2. The molecule has 2 amide bonds. The second kappa shape index (κ2) is 7.16. The Kier molecular flexibility index (Phi) is 5.98. The molecular weight excluding hydrogens is 351 g/mol. The minimum Gasteiger partial charge on any atom is -0.591 e.